The quantitative estimate of drug-likeness (QED) is 0.609. The second-order valence-electron chi connectivity index (χ2n) is 7.87. The van der Waals surface area contributed by atoms with E-state index in [4.69, 9.17) is 18.8 Å². The van der Waals surface area contributed by atoms with Gasteiger partial charge in [0.1, 0.15) is 5.75 Å². The summed E-state index contributed by atoms with van der Waals surface area (Å²) in [7, 11) is 2.71. The molecule has 1 saturated carbocycles. The summed E-state index contributed by atoms with van der Waals surface area (Å²) in [4.78, 5) is 12.9. The number of ether oxygens (including phenoxy) is 2. The van der Waals surface area contributed by atoms with Gasteiger partial charge in [-0.15, -0.1) is 11.3 Å². The molecule has 2 atom stereocenters. The number of methoxy groups -OCH3 is 2. The molecule has 5 nitrogen and oxygen atoms in total. The predicted octanol–water partition coefficient (Wildman–Crippen LogP) is 2.95. The van der Waals surface area contributed by atoms with Crippen LogP contribution in [0, 0.1) is 11.3 Å². The van der Waals surface area contributed by atoms with Crippen LogP contribution in [-0.4, -0.2) is 40.5 Å². The van der Waals surface area contributed by atoms with Crippen molar-refractivity contribution in [3.05, 3.63) is 23.1 Å². The summed E-state index contributed by atoms with van der Waals surface area (Å²) < 4.78 is 23.5. The van der Waals surface area contributed by atoms with Crippen LogP contribution >= 0.6 is 11.3 Å². The molecule has 2 aromatic rings. The predicted molar refractivity (Wildman–Crippen MR) is 102 cm³/mol. The largest absolute Gasteiger partial charge is 0.497 e. The number of fused-ring (bicyclic) bond motifs is 1. The van der Waals surface area contributed by atoms with Gasteiger partial charge in [0.05, 0.1) is 20.1 Å². The normalized spacial score (nSPS) is 24.5. The van der Waals surface area contributed by atoms with E-state index in [1.54, 1.807) is 18.4 Å². The Labute approximate surface area is 157 Å². The van der Waals surface area contributed by atoms with Gasteiger partial charge in [0.15, 0.2) is 0 Å². The van der Waals surface area contributed by atoms with Crippen LogP contribution in [0.3, 0.4) is 0 Å². The van der Waals surface area contributed by atoms with Crippen molar-refractivity contribution in [1.82, 2.24) is 0 Å². The van der Waals surface area contributed by atoms with Gasteiger partial charge in [-0.2, -0.15) is 0 Å². The second kappa shape index (κ2) is 6.55. The summed E-state index contributed by atoms with van der Waals surface area (Å²) in [6.45, 7) is 5.55. The molecule has 0 spiro atoms. The molecule has 138 valence electrons. The van der Waals surface area contributed by atoms with Crippen molar-refractivity contribution in [2.45, 2.75) is 26.2 Å². The van der Waals surface area contributed by atoms with Gasteiger partial charge in [-0.25, -0.2) is 0 Å². The first-order valence-electron chi connectivity index (χ1n) is 8.84. The molecule has 7 heteroatoms. The highest BCUT2D eigenvalue weighted by molar-refractivity contribution is 7.19. The van der Waals surface area contributed by atoms with Crippen LogP contribution in [0.4, 0.5) is 0 Å². The molecule has 4 rings (SSSR count). The highest BCUT2D eigenvalue weighted by Gasteiger charge is 2.46. The molecule has 0 amide bonds. The van der Waals surface area contributed by atoms with Gasteiger partial charge in [0.2, 0.25) is 0 Å². The van der Waals surface area contributed by atoms with E-state index in [-0.39, 0.29) is 23.2 Å². The lowest BCUT2D eigenvalue weighted by Gasteiger charge is -2.33. The van der Waals surface area contributed by atoms with Gasteiger partial charge in [-0.1, -0.05) is 19.9 Å². The van der Waals surface area contributed by atoms with Crippen LogP contribution in [0.2, 0.25) is 0 Å². The van der Waals surface area contributed by atoms with Crippen molar-refractivity contribution in [2.24, 2.45) is 11.3 Å². The molecule has 2 fully saturated rings. The van der Waals surface area contributed by atoms with E-state index in [1.165, 1.54) is 12.0 Å². The SMILES string of the molecule is COC(=O)[C@H]1CC1c1cc2cc(B3OCC(C)(C)CO3)c(OC)cc2s1. The number of esters is 1. The number of carbonyl (C=O) groups is 1. The molecule has 1 aromatic carbocycles. The van der Waals surface area contributed by atoms with Gasteiger partial charge < -0.3 is 18.8 Å². The molecular weight excluding hydrogens is 351 g/mol. The zero-order chi connectivity index (χ0) is 18.5. The highest BCUT2D eigenvalue weighted by atomic mass is 32.1. The number of thiophene rings is 1. The summed E-state index contributed by atoms with van der Waals surface area (Å²) >= 11 is 1.71. The molecule has 0 bridgehead atoms. The highest BCUT2D eigenvalue weighted by Crippen LogP contribution is 2.51. The van der Waals surface area contributed by atoms with E-state index >= 15 is 0 Å². The summed E-state index contributed by atoms with van der Waals surface area (Å²) in [5.74, 6) is 0.937. The third-order valence-electron chi connectivity index (χ3n) is 5.05. The van der Waals surface area contributed by atoms with Crippen LogP contribution in [0.5, 0.6) is 5.75 Å². The Kier molecular flexibility index (Phi) is 4.49. The van der Waals surface area contributed by atoms with Gasteiger partial charge in [-0.3, -0.25) is 4.79 Å². The summed E-state index contributed by atoms with van der Waals surface area (Å²) in [6, 6.07) is 6.30. The number of hydrogen-bond donors (Lipinski definition) is 0. The van der Waals surface area contributed by atoms with E-state index in [0.717, 1.165) is 27.7 Å². The number of hydrogen-bond acceptors (Lipinski definition) is 6. The third kappa shape index (κ3) is 3.24. The van der Waals surface area contributed by atoms with Gasteiger partial charge in [-0.05, 0) is 23.9 Å². The fourth-order valence-corrected chi connectivity index (χ4v) is 4.70. The van der Waals surface area contributed by atoms with E-state index in [1.807, 2.05) is 6.07 Å². The molecule has 1 aliphatic carbocycles. The van der Waals surface area contributed by atoms with E-state index in [0.29, 0.717) is 13.2 Å². The minimum absolute atomic E-state index is 0.00155. The zero-order valence-electron chi connectivity index (χ0n) is 15.5. The standard InChI is InChI=1S/C19H23BO5S/c1-19(2)9-24-20(25-10-19)14-5-11-6-17(12-7-13(12)18(21)23-4)26-16(11)8-15(14)22-3/h5-6,8,12-13H,7,9-10H2,1-4H3/t12?,13-/m0/s1. The Morgan fingerprint density at radius 2 is 1.96 bits per heavy atom. The molecule has 0 radical (unpaired) electrons. The average molecular weight is 374 g/mol. The minimum atomic E-state index is -0.408. The van der Waals surface area contributed by atoms with E-state index < -0.39 is 7.12 Å². The van der Waals surface area contributed by atoms with Crippen LogP contribution in [0.15, 0.2) is 18.2 Å². The summed E-state index contributed by atoms with van der Waals surface area (Å²) in [5.41, 5.74) is 0.943. The molecule has 2 aliphatic rings. The Morgan fingerprint density at radius 1 is 1.23 bits per heavy atom. The maximum atomic E-state index is 11.7. The first-order chi connectivity index (χ1) is 12.4. The average Bonchev–Trinajstić information content (AvgIpc) is 3.32. The lowest BCUT2D eigenvalue weighted by molar-refractivity contribution is -0.142. The Morgan fingerprint density at radius 3 is 2.62 bits per heavy atom. The maximum Gasteiger partial charge on any atom is 0.497 e. The molecule has 1 unspecified atom stereocenters. The lowest BCUT2D eigenvalue weighted by atomic mass is 9.75. The van der Waals surface area contributed by atoms with E-state index in [9.17, 15) is 4.79 Å². The molecule has 1 aliphatic heterocycles. The van der Waals surface area contributed by atoms with Gasteiger partial charge >= 0.3 is 13.1 Å². The molecular formula is C19H23BO5S. The van der Waals surface area contributed by atoms with Crippen LogP contribution in [0.1, 0.15) is 31.1 Å². The van der Waals surface area contributed by atoms with Crippen molar-refractivity contribution in [3.8, 4) is 5.75 Å². The van der Waals surface area contributed by atoms with Gasteiger partial charge in [0, 0.05) is 39.6 Å². The first kappa shape index (κ1) is 17.8. The molecule has 0 N–H and O–H groups in total. The third-order valence-corrected chi connectivity index (χ3v) is 6.28. The summed E-state index contributed by atoms with van der Waals surface area (Å²) in [5, 5.41) is 1.13. The minimum Gasteiger partial charge on any atom is -0.497 e. The van der Waals surface area contributed by atoms with Crippen LogP contribution in [0.25, 0.3) is 10.1 Å². The Balaban J connectivity index is 1.62. The van der Waals surface area contributed by atoms with Crippen molar-refractivity contribution in [1.29, 1.82) is 0 Å². The van der Waals surface area contributed by atoms with Gasteiger partial charge in [0.25, 0.3) is 0 Å². The number of carbonyl (C=O) groups excluding carboxylic acids is 1. The summed E-state index contributed by atoms with van der Waals surface area (Å²) in [6.07, 6.45) is 0.868. The first-order valence-corrected chi connectivity index (χ1v) is 9.66. The Bertz CT molecular complexity index is 836. The number of rotatable bonds is 4. The van der Waals surface area contributed by atoms with Crippen LogP contribution in [-0.2, 0) is 18.8 Å². The van der Waals surface area contributed by atoms with Crippen molar-refractivity contribution >= 4 is 40.0 Å². The van der Waals surface area contributed by atoms with Crippen molar-refractivity contribution in [2.75, 3.05) is 27.4 Å². The lowest BCUT2D eigenvalue weighted by Crippen LogP contribution is -2.47. The smallest absolute Gasteiger partial charge is 0.497 e. The van der Waals surface area contributed by atoms with Crippen molar-refractivity contribution < 1.29 is 23.6 Å². The molecule has 26 heavy (non-hydrogen) atoms. The fourth-order valence-electron chi connectivity index (χ4n) is 3.44. The zero-order valence-corrected chi connectivity index (χ0v) is 16.4. The monoisotopic (exact) mass is 374 g/mol. The number of benzene rings is 1. The molecule has 2 heterocycles. The topological polar surface area (TPSA) is 54.0 Å². The second-order valence-corrected chi connectivity index (χ2v) is 8.99. The fraction of sp³-hybridized carbons (Fsp3) is 0.526. The molecule has 1 aromatic heterocycles. The van der Waals surface area contributed by atoms with Crippen molar-refractivity contribution in [3.63, 3.8) is 0 Å². The van der Waals surface area contributed by atoms with Crippen LogP contribution < -0.4 is 10.2 Å². The van der Waals surface area contributed by atoms with E-state index in [2.05, 4.69) is 26.0 Å². The Hall–Kier alpha value is -1.57. The molecule has 1 saturated heterocycles. The maximum absolute atomic E-state index is 11.7.